The molecule has 0 amide bonds. The fraction of sp³-hybridized carbons (Fsp3) is 0.440. The predicted molar refractivity (Wildman–Crippen MR) is 126 cm³/mol. The Morgan fingerprint density at radius 2 is 2.03 bits per heavy atom. The number of aliphatic imine (C=N–C) groups is 2. The minimum Gasteiger partial charge on any atom is -0.368 e. The van der Waals surface area contributed by atoms with Crippen molar-refractivity contribution in [3.8, 4) is 0 Å². The molecule has 30 heavy (non-hydrogen) atoms. The summed E-state index contributed by atoms with van der Waals surface area (Å²) < 4.78 is 0. The van der Waals surface area contributed by atoms with Crippen LogP contribution < -0.4 is 5.32 Å². The maximum atomic E-state index is 4.99. The lowest BCUT2D eigenvalue weighted by Crippen LogP contribution is -2.44. The zero-order valence-electron chi connectivity index (χ0n) is 18.5. The van der Waals surface area contributed by atoms with Gasteiger partial charge in [-0.2, -0.15) is 0 Å². The second-order valence-electron chi connectivity index (χ2n) is 8.23. The van der Waals surface area contributed by atoms with Gasteiger partial charge in [-0.25, -0.2) is 4.99 Å². The van der Waals surface area contributed by atoms with E-state index in [1.54, 1.807) is 0 Å². The number of rotatable bonds is 5. The molecule has 1 aliphatic carbocycles. The highest BCUT2D eigenvalue weighted by Gasteiger charge is 2.27. The van der Waals surface area contributed by atoms with E-state index in [1.807, 2.05) is 7.05 Å². The molecule has 0 aromatic heterocycles. The first-order chi connectivity index (χ1) is 14.6. The number of hydrogen-bond acceptors (Lipinski definition) is 5. The Balaban J connectivity index is 1.68. The largest absolute Gasteiger partial charge is 0.368 e. The summed E-state index contributed by atoms with van der Waals surface area (Å²) in [5.74, 6) is 0.974. The van der Waals surface area contributed by atoms with Crippen molar-refractivity contribution in [2.45, 2.75) is 39.5 Å². The van der Waals surface area contributed by atoms with Gasteiger partial charge in [0, 0.05) is 45.1 Å². The molecular weight excluding hydrogens is 370 g/mol. The van der Waals surface area contributed by atoms with Crippen LogP contribution in [0.2, 0.25) is 0 Å². The first kappa shape index (κ1) is 20.6. The third-order valence-electron chi connectivity index (χ3n) is 6.32. The second kappa shape index (κ2) is 9.00. The molecule has 0 aromatic carbocycles. The van der Waals surface area contributed by atoms with Crippen LogP contribution in [0.15, 0.2) is 80.9 Å². The summed E-state index contributed by atoms with van der Waals surface area (Å²) in [6, 6.07) is 0. The fourth-order valence-electron chi connectivity index (χ4n) is 4.08. The molecule has 0 bridgehead atoms. The van der Waals surface area contributed by atoms with Crippen LogP contribution in [0, 0.1) is 0 Å². The van der Waals surface area contributed by atoms with Crippen LogP contribution in [0.3, 0.4) is 0 Å². The summed E-state index contributed by atoms with van der Waals surface area (Å²) in [4.78, 5) is 14.3. The van der Waals surface area contributed by atoms with Gasteiger partial charge in [-0.3, -0.25) is 9.89 Å². The minimum absolute atomic E-state index is 0.914. The van der Waals surface area contributed by atoms with E-state index in [4.69, 9.17) is 4.99 Å². The van der Waals surface area contributed by atoms with Crippen molar-refractivity contribution in [2.75, 3.05) is 33.2 Å². The summed E-state index contributed by atoms with van der Waals surface area (Å²) >= 11 is 0. The molecule has 5 nitrogen and oxygen atoms in total. The van der Waals surface area contributed by atoms with Crippen LogP contribution in [0.25, 0.3) is 0 Å². The standard InChI is InChI=1S/C25H33N5/c1-5-18(2)19(3)15-22(26-4)23-16-24(20-7-6-8-20)30-17-21(9-10-25(30)28-23)29-13-11-27-12-14-29/h9-10,15-17,27H,2,5-8,11-14H2,1,3-4H3/b19-15+,26-22?. The normalized spacial score (nSPS) is 22.3. The number of allylic oxidation sites excluding steroid dienone is 6. The van der Waals surface area contributed by atoms with Gasteiger partial charge in [-0.05, 0) is 68.1 Å². The highest BCUT2D eigenvalue weighted by atomic mass is 15.3. The van der Waals surface area contributed by atoms with Crippen molar-refractivity contribution in [3.05, 3.63) is 70.9 Å². The number of nitrogens with zero attached hydrogens (tertiary/aromatic N) is 4. The van der Waals surface area contributed by atoms with Crippen molar-refractivity contribution in [3.63, 3.8) is 0 Å². The average Bonchev–Trinajstić information content (AvgIpc) is 2.75. The molecule has 2 fully saturated rings. The number of fused-ring (bicyclic) bond motifs is 1. The van der Waals surface area contributed by atoms with Crippen molar-refractivity contribution < 1.29 is 0 Å². The monoisotopic (exact) mass is 403 g/mol. The summed E-state index contributed by atoms with van der Waals surface area (Å²) in [6.45, 7) is 12.6. The molecule has 1 saturated carbocycles. The SMILES string of the molecule is C=C(CC)/C(C)=C/C(=NC)C1=CC(=C2CCC2)N2C=C(N3CCNCC3)C=CC2=N1. The van der Waals surface area contributed by atoms with E-state index in [0.717, 1.165) is 55.4 Å². The Labute approximate surface area is 180 Å². The predicted octanol–water partition coefficient (Wildman–Crippen LogP) is 4.32. The summed E-state index contributed by atoms with van der Waals surface area (Å²) in [6.07, 6.45) is 15.5. The third kappa shape index (κ3) is 4.12. The zero-order chi connectivity index (χ0) is 21.1. The van der Waals surface area contributed by atoms with E-state index >= 15 is 0 Å². The van der Waals surface area contributed by atoms with Gasteiger partial charge in [0.25, 0.3) is 0 Å². The Kier molecular flexibility index (Phi) is 6.18. The number of nitrogens with one attached hydrogen (secondary N) is 1. The molecular formula is C25H33N5. The van der Waals surface area contributed by atoms with Crippen molar-refractivity contribution in [1.29, 1.82) is 0 Å². The summed E-state index contributed by atoms with van der Waals surface area (Å²) in [5.41, 5.74) is 8.21. The topological polar surface area (TPSA) is 43.2 Å². The average molecular weight is 404 g/mol. The maximum Gasteiger partial charge on any atom is 0.137 e. The van der Waals surface area contributed by atoms with Crippen LogP contribution in [-0.4, -0.2) is 54.6 Å². The molecule has 0 atom stereocenters. The van der Waals surface area contributed by atoms with Crippen LogP contribution >= 0.6 is 0 Å². The molecule has 1 N–H and O–H groups in total. The molecule has 1 saturated heterocycles. The first-order valence-corrected chi connectivity index (χ1v) is 11.1. The molecule has 5 heteroatoms. The summed E-state index contributed by atoms with van der Waals surface area (Å²) in [7, 11) is 1.84. The number of piperazine rings is 1. The Bertz CT molecular complexity index is 927. The minimum atomic E-state index is 0.914. The van der Waals surface area contributed by atoms with Crippen molar-refractivity contribution in [2.24, 2.45) is 9.98 Å². The molecule has 0 aromatic rings. The number of amidine groups is 1. The van der Waals surface area contributed by atoms with Crippen LogP contribution in [0.1, 0.15) is 39.5 Å². The molecule has 158 valence electrons. The molecule has 4 aliphatic rings. The Morgan fingerprint density at radius 3 is 2.67 bits per heavy atom. The van der Waals surface area contributed by atoms with E-state index in [-0.39, 0.29) is 0 Å². The van der Waals surface area contributed by atoms with Crippen LogP contribution in [0.4, 0.5) is 0 Å². The van der Waals surface area contributed by atoms with Crippen molar-refractivity contribution in [1.82, 2.24) is 15.1 Å². The van der Waals surface area contributed by atoms with E-state index in [0.29, 0.717) is 0 Å². The van der Waals surface area contributed by atoms with Gasteiger partial charge in [0.05, 0.1) is 17.1 Å². The zero-order valence-corrected chi connectivity index (χ0v) is 18.5. The van der Waals surface area contributed by atoms with Gasteiger partial charge in [0.2, 0.25) is 0 Å². The smallest absolute Gasteiger partial charge is 0.137 e. The maximum absolute atomic E-state index is 4.99. The van der Waals surface area contributed by atoms with E-state index in [2.05, 4.69) is 71.0 Å². The number of hydrogen-bond donors (Lipinski definition) is 1. The van der Waals surface area contributed by atoms with Gasteiger partial charge in [0.1, 0.15) is 5.84 Å². The highest BCUT2D eigenvalue weighted by molar-refractivity contribution is 6.12. The molecule has 0 spiro atoms. The Morgan fingerprint density at radius 1 is 1.27 bits per heavy atom. The lowest BCUT2D eigenvalue weighted by molar-refractivity contribution is 0.303. The van der Waals surface area contributed by atoms with E-state index in [9.17, 15) is 0 Å². The van der Waals surface area contributed by atoms with Gasteiger partial charge < -0.3 is 10.2 Å². The van der Waals surface area contributed by atoms with E-state index < -0.39 is 0 Å². The molecule has 4 rings (SSSR count). The molecule has 3 aliphatic heterocycles. The Hall–Kier alpha value is -2.66. The molecule has 0 unspecified atom stereocenters. The van der Waals surface area contributed by atoms with E-state index in [1.165, 1.54) is 41.8 Å². The second-order valence-corrected chi connectivity index (χ2v) is 8.23. The van der Waals surface area contributed by atoms with Gasteiger partial charge in [0.15, 0.2) is 0 Å². The quantitative estimate of drug-likeness (QED) is 0.549. The van der Waals surface area contributed by atoms with Crippen molar-refractivity contribution >= 4 is 11.5 Å². The van der Waals surface area contributed by atoms with Gasteiger partial charge >= 0.3 is 0 Å². The lowest BCUT2D eigenvalue weighted by Gasteiger charge is -2.37. The molecule has 3 heterocycles. The third-order valence-corrected chi connectivity index (χ3v) is 6.32. The van der Waals surface area contributed by atoms with Crippen LogP contribution in [-0.2, 0) is 0 Å². The first-order valence-electron chi connectivity index (χ1n) is 11.1. The fourth-order valence-corrected chi connectivity index (χ4v) is 4.08. The van der Waals surface area contributed by atoms with Gasteiger partial charge in [-0.1, -0.05) is 19.1 Å². The van der Waals surface area contributed by atoms with Gasteiger partial charge in [-0.15, -0.1) is 0 Å². The highest BCUT2D eigenvalue weighted by Crippen LogP contribution is 2.35. The molecule has 0 radical (unpaired) electrons. The summed E-state index contributed by atoms with van der Waals surface area (Å²) in [5, 5.41) is 3.43. The lowest BCUT2D eigenvalue weighted by atomic mass is 9.89. The van der Waals surface area contributed by atoms with Crippen LogP contribution in [0.5, 0.6) is 0 Å².